The van der Waals surface area contributed by atoms with Gasteiger partial charge in [0, 0.05) is 0 Å². The van der Waals surface area contributed by atoms with Crippen LogP contribution in [0.3, 0.4) is 0 Å². The predicted octanol–water partition coefficient (Wildman–Crippen LogP) is -3.86. The maximum atomic E-state index is 10.1. The number of rotatable bonds is 4. The van der Waals surface area contributed by atoms with Gasteiger partial charge in [0.15, 0.2) is 0 Å². The van der Waals surface area contributed by atoms with Gasteiger partial charge in [-0.1, -0.05) is 0 Å². The van der Waals surface area contributed by atoms with Crippen LogP contribution < -0.4 is 17.0 Å². The fourth-order valence-electron chi connectivity index (χ4n) is 0.882. The Kier molecular flexibility index (Phi) is 5.06. The van der Waals surface area contributed by atoms with Crippen LogP contribution in [0, 0.1) is 0 Å². The molecule has 1 N–H and O–H groups in total. The van der Waals surface area contributed by atoms with Crippen LogP contribution in [-0.4, -0.2) is 24.1 Å². The van der Waals surface area contributed by atoms with E-state index >= 15 is 0 Å². The van der Waals surface area contributed by atoms with E-state index in [0.717, 1.165) is 0 Å². The van der Waals surface area contributed by atoms with Crippen molar-refractivity contribution in [3.8, 4) is 0 Å². The molecule has 1 rings (SSSR count). The zero-order valence-electron chi connectivity index (χ0n) is 7.50. The molecule has 0 aromatic carbocycles. The molecule has 0 atom stereocenters. The van der Waals surface area contributed by atoms with Crippen LogP contribution in [-0.2, 0) is 28.2 Å². The third kappa shape index (κ3) is 5.18. The molecule has 0 radical (unpaired) electrons. The molecule has 6 nitrogen and oxygen atoms in total. The smallest absolute Gasteiger partial charge is 0.397 e. The van der Waals surface area contributed by atoms with Gasteiger partial charge in [0.2, 0.25) is 6.33 Å². The summed E-state index contributed by atoms with van der Waals surface area (Å²) in [6.07, 6.45) is 5.36. The Morgan fingerprint density at radius 3 is 2.64 bits per heavy atom. The largest absolute Gasteiger partial charge is 1.00 e. The first-order valence-electron chi connectivity index (χ1n) is 3.60. The number of aryl methyl sites for hydroxylation is 1. The van der Waals surface area contributed by atoms with E-state index in [4.69, 9.17) is 4.55 Å². The van der Waals surface area contributed by atoms with Crippen molar-refractivity contribution in [3.05, 3.63) is 18.7 Å². The van der Waals surface area contributed by atoms with Gasteiger partial charge in [0.05, 0.1) is 7.05 Å². The molecule has 0 saturated heterocycles. The topological polar surface area (TPSA) is 72.4 Å². The van der Waals surface area contributed by atoms with Crippen molar-refractivity contribution < 1.29 is 34.1 Å². The summed E-state index contributed by atoms with van der Waals surface area (Å²) in [4.78, 5) is 0. The number of hydrogen-bond acceptors (Lipinski definition) is 3. The van der Waals surface area contributed by atoms with E-state index in [1.807, 2.05) is 17.8 Å². The number of halogens is 1. The van der Waals surface area contributed by atoms with Gasteiger partial charge in [-0.3, -0.25) is 4.55 Å². The van der Waals surface area contributed by atoms with E-state index in [1.54, 1.807) is 17.1 Å². The summed E-state index contributed by atoms with van der Waals surface area (Å²) in [5.41, 5.74) is 0. The highest BCUT2D eigenvalue weighted by atomic mass is 35.5. The lowest BCUT2D eigenvalue weighted by molar-refractivity contribution is -0.671. The molecule has 1 aromatic heterocycles. The van der Waals surface area contributed by atoms with Crippen molar-refractivity contribution in [2.45, 2.75) is 6.54 Å². The van der Waals surface area contributed by atoms with Gasteiger partial charge in [-0.15, -0.1) is 0 Å². The van der Waals surface area contributed by atoms with E-state index in [-0.39, 0.29) is 19.0 Å². The van der Waals surface area contributed by atoms with Crippen molar-refractivity contribution in [1.29, 1.82) is 0 Å². The Bertz CT molecular complexity index is 375. The number of hydrogen-bond donors (Lipinski definition) is 1. The summed E-state index contributed by atoms with van der Waals surface area (Å²) in [7, 11) is -2.46. The Hall–Kier alpha value is -0.630. The normalized spacial score (nSPS) is 11.0. The van der Waals surface area contributed by atoms with Crippen molar-refractivity contribution in [2.24, 2.45) is 7.05 Å². The third-order valence-electron chi connectivity index (χ3n) is 1.41. The average Bonchev–Trinajstić information content (AvgIpc) is 2.33. The summed E-state index contributed by atoms with van der Waals surface area (Å²) in [5.74, 6) is 0. The maximum absolute atomic E-state index is 10.1. The summed E-state index contributed by atoms with van der Waals surface area (Å²) < 4.78 is 36.2. The summed E-state index contributed by atoms with van der Waals surface area (Å²) >= 11 is 0. The molecule has 0 aliphatic rings. The van der Waals surface area contributed by atoms with Crippen LogP contribution in [0.2, 0.25) is 0 Å². The quantitative estimate of drug-likeness (QED) is 0.433. The van der Waals surface area contributed by atoms with Crippen LogP contribution in [0.25, 0.3) is 0 Å². The van der Waals surface area contributed by atoms with Gasteiger partial charge >= 0.3 is 10.4 Å². The lowest BCUT2D eigenvalue weighted by Crippen LogP contribution is -3.00. The summed E-state index contributed by atoms with van der Waals surface area (Å²) in [6, 6.07) is 0. The van der Waals surface area contributed by atoms with Crippen molar-refractivity contribution in [1.82, 2.24) is 4.57 Å². The highest BCUT2D eigenvalue weighted by Gasteiger charge is 2.05. The minimum atomic E-state index is -4.31. The van der Waals surface area contributed by atoms with Gasteiger partial charge in [-0.25, -0.2) is 13.3 Å². The predicted molar refractivity (Wildman–Crippen MR) is 43.1 cm³/mol. The van der Waals surface area contributed by atoms with Gasteiger partial charge < -0.3 is 12.4 Å². The zero-order chi connectivity index (χ0) is 9.90. The SMILES string of the molecule is C[n+]1ccn(CCOS(=O)(=O)O)c1.[Cl-]. The van der Waals surface area contributed by atoms with Gasteiger partial charge in [0.25, 0.3) is 0 Å². The van der Waals surface area contributed by atoms with Crippen molar-refractivity contribution >= 4 is 10.4 Å². The van der Waals surface area contributed by atoms with Gasteiger partial charge in [0.1, 0.15) is 25.5 Å². The van der Waals surface area contributed by atoms with Crippen molar-refractivity contribution in [2.75, 3.05) is 6.61 Å². The molecule has 0 amide bonds. The number of aromatic nitrogens is 2. The standard InChI is InChI=1S/C6H10N2O4S.ClH/c1-7-2-3-8(6-7)4-5-12-13(9,10)11;/h2-3,6H,4-5H2,1H3;1H. The monoisotopic (exact) mass is 242 g/mol. The van der Waals surface area contributed by atoms with Gasteiger partial charge in [-0.2, -0.15) is 8.42 Å². The minimum absolute atomic E-state index is 0. The van der Waals surface area contributed by atoms with E-state index < -0.39 is 10.4 Å². The molecule has 0 aliphatic carbocycles. The third-order valence-corrected chi connectivity index (χ3v) is 1.87. The first kappa shape index (κ1) is 13.4. The Labute approximate surface area is 88.5 Å². The molecule has 0 spiro atoms. The van der Waals surface area contributed by atoms with Crippen LogP contribution >= 0.6 is 0 Å². The molecular formula is C6H11ClN2O4S. The summed E-state index contributed by atoms with van der Waals surface area (Å²) in [6.45, 7) is 0.300. The van der Waals surface area contributed by atoms with Crippen molar-refractivity contribution in [3.63, 3.8) is 0 Å². The summed E-state index contributed by atoms with van der Waals surface area (Å²) in [5, 5.41) is 0. The first-order chi connectivity index (χ1) is 5.97. The zero-order valence-corrected chi connectivity index (χ0v) is 9.07. The molecule has 0 fully saturated rings. The van der Waals surface area contributed by atoms with Crippen LogP contribution in [0.5, 0.6) is 0 Å². The van der Waals surface area contributed by atoms with Crippen LogP contribution in [0.4, 0.5) is 0 Å². The maximum Gasteiger partial charge on any atom is 0.397 e. The Morgan fingerprint density at radius 1 is 1.57 bits per heavy atom. The fourth-order valence-corrected chi connectivity index (χ4v) is 1.17. The molecule has 0 bridgehead atoms. The fraction of sp³-hybridized carbons (Fsp3) is 0.500. The van der Waals surface area contributed by atoms with E-state index in [9.17, 15) is 8.42 Å². The van der Waals surface area contributed by atoms with E-state index in [2.05, 4.69) is 4.18 Å². The molecule has 14 heavy (non-hydrogen) atoms. The Balaban J connectivity index is 0.00000169. The van der Waals surface area contributed by atoms with Crippen LogP contribution in [0.1, 0.15) is 0 Å². The lowest BCUT2D eigenvalue weighted by atomic mass is 10.7. The second kappa shape index (κ2) is 5.30. The highest BCUT2D eigenvalue weighted by Crippen LogP contribution is 1.89. The molecule has 8 heteroatoms. The highest BCUT2D eigenvalue weighted by molar-refractivity contribution is 7.80. The number of nitrogens with zero attached hydrogens (tertiary/aromatic N) is 2. The lowest BCUT2D eigenvalue weighted by Gasteiger charge is -1.96. The average molecular weight is 243 g/mol. The second-order valence-electron chi connectivity index (χ2n) is 2.57. The Morgan fingerprint density at radius 2 is 2.21 bits per heavy atom. The molecular weight excluding hydrogens is 232 g/mol. The minimum Gasteiger partial charge on any atom is -1.00 e. The molecule has 82 valence electrons. The van der Waals surface area contributed by atoms with E-state index in [0.29, 0.717) is 6.54 Å². The van der Waals surface area contributed by atoms with Gasteiger partial charge in [-0.05, 0) is 0 Å². The molecule has 0 unspecified atom stereocenters. The van der Waals surface area contributed by atoms with E-state index in [1.165, 1.54) is 0 Å². The molecule has 0 aliphatic heterocycles. The molecule has 0 saturated carbocycles. The number of imidazole rings is 1. The first-order valence-corrected chi connectivity index (χ1v) is 4.97. The van der Waals surface area contributed by atoms with Crippen LogP contribution in [0.15, 0.2) is 18.7 Å². The molecule has 1 heterocycles. The molecule has 1 aromatic rings. The second-order valence-corrected chi connectivity index (χ2v) is 3.66.